The molecule has 2 N–H and O–H groups in total. The number of nitrogens with one attached hydrogen (secondary N) is 2. The van der Waals surface area contributed by atoms with Gasteiger partial charge >= 0.3 is 6.03 Å². The van der Waals surface area contributed by atoms with Crippen molar-refractivity contribution < 1.29 is 9.18 Å². The molecule has 28 heavy (non-hydrogen) atoms. The molecule has 4 nitrogen and oxygen atoms in total. The molecular weight excluding hydrogens is 353 g/mol. The van der Waals surface area contributed by atoms with Crippen molar-refractivity contribution in [2.45, 2.75) is 44.2 Å². The third-order valence-electron chi connectivity index (χ3n) is 6.16. The van der Waals surface area contributed by atoms with Gasteiger partial charge in [-0.25, -0.2) is 9.18 Å². The first-order valence-corrected chi connectivity index (χ1v) is 10.1. The number of para-hydroxylation sites is 1. The van der Waals surface area contributed by atoms with Crippen molar-refractivity contribution in [3.63, 3.8) is 0 Å². The van der Waals surface area contributed by atoms with Crippen LogP contribution in [0.5, 0.6) is 0 Å². The molecule has 1 atom stereocenters. The monoisotopic (exact) mass is 377 g/mol. The quantitative estimate of drug-likeness (QED) is 0.655. The standard InChI is InChI=1S/C23H24FN3O/c24-16-11-9-15(10-12-16)22-21-19(18-7-3-4-8-20(18)26-21)13-14-27(22)23(28)25-17-5-1-2-6-17/h3-4,7-12,17,22,26H,1-2,5-6,13-14H2,(H,25,28)/t22-/m1/s1. The van der Waals surface area contributed by atoms with E-state index in [9.17, 15) is 9.18 Å². The molecule has 0 saturated heterocycles. The highest BCUT2D eigenvalue weighted by Crippen LogP contribution is 2.38. The number of H-pyrrole nitrogens is 1. The molecule has 1 aliphatic carbocycles. The minimum Gasteiger partial charge on any atom is -0.356 e. The Morgan fingerprint density at radius 1 is 1.07 bits per heavy atom. The molecule has 2 amide bonds. The summed E-state index contributed by atoms with van der Waals surface area (Å²) >= 11 is 0. The number of hydrogen-bond donors (Lipinski definition) is 2. The van der Waals surface area contributed by atoms with Crippen molar-refractivity contribution in [1.29, 1.82) is 0 Å². The van der Waals surface area contributed by atoms with Crippen LogP contribution in [0.3, 0.4) is 0 Å². The van der Waals surface area contributed by atoms with Gasteiger partial charge in [-0.15, -0.1) is 0 Å². The zero-order valence-electron chi connectivity index (χ0n) is 15.7. The van der Waals surface area contributed by atoms with Crippen molar-refractivity contribution in [2.24, 2.45) is 0 Å². The van der Waals surface area contributed by atoms with Crippen LogP contribution >= 0.6 is 0 Å². The molecule has 0 bridgehead atoms. The van der Waals surface area contributed by atoms with Crippen molar-refractivity contribution in [3.8, 4) is 0 Å². The van der Waals surface area contributed by atoms with Gasteiger partial charge in [-0.05, 0) is 48.6 Å². The largest absolute Gasteiger partial charge is 0.356 e. The lowest BCUT2D eigenvalue weighted by Crippen LogP contribution is -2.48. The number of nitrogens with zero attached hydrogens (tertiary/aromatic N) is 1. The molecule has 2 aliphatic rings. The first kappa shape index (κ1) is 17.3. The normalized spacial score (nSPS) is 19.8. The molecular formula is C23H24FN3O. The third kappa shape index (κ3) is 2.95. The topological polar surface area (TPSA) is 48.1 Å². The van der Waals surface area contributed by atoms with E-state index in [2.05, 4.69) is 22.4 Å². The average molecular weight is 377 g/mol. The number of rotatable bonds is 2. The maximum Gasteiger partial charge on any atom is 0.318 e. The minimum atomic E-state index is -0.265. The molecule has 0 radical (unpaired) electrons. The Morgan fingerprint density at radius 2 is 1.82 bits per heavy atom. The average Bonchev–Trinajstić information content (AvgIpc) is 3.35. The molecule has 0 spiro atoms. The Morgan fingerprint density at radius 3 is 2.61 bits per heavy atom. The van der Waals surface area contributed by atoms with Crippen molar-refractivity contribution >= 4 is 16.9 Å². The zero-order chi connectivity index (χ0) is 19.1. The van der Waals surface area contributed by atoms with Crippen LogP contribution in [-0.4, -0.2) is 28.5 Å². The van der Waals surface area contributed by atoms with Gasteiger partial charge < -0.3 is 15.2 Å². The van der Waals surface area contributed by atoms with Gasteiger partial charge in [0.15, 0.2) is 0 Å². The first-order chi connectivity index (χ1) is 13.7. The predicted octanol–water partition coefficient (Wildman–Crippen LogP) is 4.91. The SMILES string of the molecule is O=C(NC1CCCC1)N1CCc2c([nH]c3ccccc23)[C@H]1c1ccc(F)cc1. The van der Waals surface area contributed by atoms with E-state index in [1.165, 1.54) is 35.9 Å². The number of hydrogen-bond acceptors (Lipinski definition) is 1. The lowest BCUT2D eigenvalue weighted by atomic mass is 9.92. The molecule has 1 fully saturated rings. The molecule has 144 valence electrons. The van der Waals surface area contributed by atoms with E-state index in [-0.39, 0.29) is 23.9 Å². The second-order valence-electron chi connectivity index (χ2n) is 7.89. The van der Waals surface area contributed by atoms with Gasteiger partial charge in [0, 0.05) is 29.2 Å². The van der Waals surface area contributed by atoms with E-state index < -0.39 is 0 Å². The Labute approximate surface area is 163 Å². The van der Waals surface area contributed by atoms with E-state index in [1.54, 1.807) is 12.1 Å². The smallest absolute Gasteiger partial charge is 0.318 e. The lowest BCUT2D eigenvalue weighted by molar-refractivity contribution is 0.175. The Hall–Kier alpha value is -2.82. The number of halogens is 1. The fraction of sp³-hybridized carbons (Fsp3) is 0.348. The number of benzene rings is 2. The van der Waals surface area contributed by atoms with Gasteiger partial charge in [-0.1, -0.05) is 43.2 Å². The number of fused-ring (bicyclic) bond motifs is 3. The zero-order valence-corrected chi connectivity index (χ0v) is 15.7. The van der Waals surface area contributed by atoms with Crippen LogP contribution in [0.4, 0.5) is 9.18 Å². The highest BCUT2D eigenvalue weighted by molar-refractivity contribution is 5.86. The predicted molar refractivity (Wildman–Crippen MR) is 108 cm³/mol. The van der Waals surface area contributed by atoms with E-state index in [1.807, 2.05) is 17.0 Å². The third-order valence-corrected chi connectivity index (χ3v) is 6.16. The van der Waals surface area contributed by atoms with Gasteiger partial charge in [0.05, 0.1) is 6.04 Å². The summed E-state index contributed by atoms with van der Waals surface area (Å²) in [6.45, 7) is 0.648. The number of aromatic amines is 1. The van der Waals surface area contributed by atoms with Crippen LogP contribution in [-0.2, 0) is 6.42 Å². The van der Waals surface area contributed by atoms with Crippen LogP contribution in [0.15, 0.2) is 48.5 Å². The van der Waals surface area contributed by atoms with Crippen LogP contribution < -0.4 is 5.32 Å². The molecule has 2 aromatic carbocycles. The molecule has 1 saturated carbocycles. The molecule has 5 heteroatoms. The molecule has 2 heterocycles. The van der Waals surface area contributed by atoms with Crippen LogP contribution in [0.25, 0.3) is 10.9 Å². The summed E-state index contributed by atoms with van der Waals surface area (Å²) in [5, 5.41) is 4.43. The number of carbonyl (C=O) groups is 1. The molecule has 1 aliphatic heterocycles. The summed E-state index contributed by atoms with van der Waals surface area (Å²) < 4.78 is 13.5. The first-order valence-electron chi connectivity index (χ1n) is 10.1. The lowest BCUT2D eigenvalue weighted by Gasteiger charge is -2.37. The summed E-state index contributed by atoms with van der Waals surface area (Å²) in [5.41, 5.74) is 4.31. The van der Waals surface area contributed by atoms with E-state index in [0.29, 0.717) is 6.54 Å². The van der Waals surface area contributed by atoms with Crippen molar-refractivity contribution in [2.75, 3.05) is 6.54 Å². The van der Waals surface area contributed by atoms with E-state index in [0.717, 1.165) is 36.0 Å². The summed E-state index contributed by atoms with van der Waals surface area (Å²) in [4.78, 5) is 18.6. The number of urea groups is 1. The Balaban J connectivity index is 1.56. The Kier molecular flexibility index (Phi) is 4.30. The van der Waals surface area contributed by atoms with Gasteiger partial charge in [0.1, 0.15) is 5.82 Å². The van der Waals surface area contributed by atoms with Gasteiger partial charge in [0.25, 0.3) is 0 Å². The van der Waals surface area contributed by atoms with Gasteiger partial charge in [-0.3, -0.25) is 0 Å². The molecule has 1 aromatic heterocycles. The molecule has 3 aromatic rings. The highest BCUT2D eigenvalue weighted by atomic mass is 19.1. The summed E-state index contributed by atoms with van der Waals surface area (Å²) in [6, 6.07) is 14.8. The maximum atomic E-state index is 13.5. The van der Waals surface area contributed by atoms with Crippen LogP contribution in [0.1, 0.15) is 48.5 Å². The van der Waals surface area contributed by atoms with E-state index >= 15 is 0 Å². The van der Waals surface area contributed by atoms with Crippen molar-refractivity contribution in [1.82, 2.24) is 15.2 Å². The Bertz CT molecular complexity index is 1000. The summed E-state index contributed by atoms with van der Waals surface area (Å²) in [7, 11) is 0. The fourth-order valence-corrected chi connectivity index (χ4v) is 4.78. The number of aromatic nitrogens is 1. The maximum absolute atomic E-state index is 13.5. The van der Waals surface area contributed by atoms with Crippen molar-refractivity contribution in [3.05, 3.63) is 71.2 Å². The number of carbonyl (C=O) groups excluding carboxylic acids is 1. The summed E-state index contributed by atoms with van der Waals surface area (Å²) in [5.74, 6) is -0.265. The number of amides is 2. The summed E-state index contributed by atoms with van der Waals surface area (Å²) in [6.07, 6.45) is 5.28. The second kappa shape index (κ2) is 6.97. The highest BCUT2D eigenvalue weighted by Gasteiger charge is 2.35. The fourth-order valence-electron chi connectivity index (χ4n) is 4.78. The molecule has 0 unspecified atom stereocenters. The molecule has 5 rings (SSSR count). The van der Waals surface area contributed by atoms with Gasteiger partial charge in [0.2, 0.25) is 0 Å². The van der Waals surface area contributed by atoms with Crippen LogP contribution in [0, 0.1) is 5.82 Å². The van der Waals surface area contributed by atoms with E-state index in [4.69, 9.17) is 0 Å². The second-order valence-corrected chi connectivity index (χ2v) is 7.89. The van der Waals surface area contributed by atoms with Gasteiger partial charge in [-0.2, -0.15) is 0 Å². The minimum absolute atomic E-state index is 0.0227. The van der Waals surface area contributed by atoms with Crippen LogP contribution in [0.2, 0.25) is 0 Å².